The molecule has 1 atom stereocenters. The number of sulfonamides is 1. The molecule has 3 rings (SSSR count). The second-order valence-electron chi connectivity index (χ2n) is 6.06. The van der Waals surface area contributed by atoms with Crippen molar-refractivity contribution < 1.29 is 13.3 Å². The van der Waals surface area contributed by atoms with Crippen LogP contribution in [0.4, 0.5) is 5.69 Å². The minimum atomic E-state index is -3.62. The third-order valence-corrected chi connectivity index (χ3v) is 5.70. The van der Waals surface area contributed by atoms with Gasteiger partial charge in [-0.15, -0.1) is 0 Å². The SMILES string of the molecule is O=[N+]([O-])c1ccc(S(=O)(=O)NC2CCN(CC3CC3)C2)cc1. The normalized spacial score (nSPS) is 22.8. The van der Waals surface area contributed by atoms with E-state index in [9.17, 15) is 18.5 Å². The molecule has 2 aliphatic rings. The fourth-order valence-electron chi connectivity index (χ4n) is 2.79. The molecule has 0 amide bonds. The topological polar surface area (TPSA) is 92.5 Å². The average molecular weight is 325 g/mol. The number of rotatable bonds is 6. The highest BCUT2D eigenvalue weighted by atomic mass is 32.2. The number of nitro groups is 1. The molecule has 1 aromatic rings. The van der Waals surface area contributed by atoms with Crippen molar-refractivity contribution in [3.63, 3.8) is 0 Å². The van der Waals surface area contributed by atoms with E-state index in [0.717, 1.165) is 32.0 Å². The molecule has 1 aromatic carbocycles. The van der Waals surface area contributed by atoms with Crippen LogP contribution in [0.3, 0.4) is 0 Å². The maximum atomic E-state index is 12.3. The summed E-state index contributed by atoms with van der Waals surface area (Å²) in [6, 6.07) is 4.89. The summed E-state index contributed by atoms with van der Waals surface area (Å²) in [7, 11) is -3.62. The van der Waals surface area contributed by atoms with Gasteiger partial charge < -0.3 is 4.90 Å². The van der Waals surface area contributed by atoms with Crippen LogP contribution in [0.2, 0.25) is 0 Å². The number of likely N-dealkylation sites (tertiary alicyclic amines) is 1. The van der Waals surface area contributed by atoms with Gasteiger partial charge in [-0.2, -0.15) is 0 Å². The van der Waals surface area contributed by atoms with Gasteiger partial charge in [-0.3, -0.25) is 10.1 Å². The monoisotopic (exact) mass is 325 g/mol. The van der Waals surface area contributed by atoms with Gasteiger partial charge in [0, 0.05) is 31.3 Å². The van der Waals surface area contributed by atoms with Crippen molar-refractivity contribution in [2.45, 2.75) is 30.2 Å². The zero-order valence-corrected chi connectivity index (χ0v) is 13.0. The van der Waals surface area contributed by atoms with E-state index in [1.165, 1.54) is 37.1 Å². The van der Waals surface area contributed by atoms with Crippen LogP contribution in [0.25, 0.3) is 0 Å². The first-order chi connectivity index (χ1) is 10.4. The van der Waals surface area contributed by atoms with Gasteiger partial charge in [-0.05, 0) is 43.9 Å². The lowest BCUT2D eigenvalue weighted by molar-refractivity contribution is -0.384. The zero-order valence-electron chi connectivity index (χ0n) is 12.1. The van der Waals surface area contributed by atoms with Crippen LogP contribution in [-0.2, 0) is 10.0 Å². The average Bonchev–Trinajstić information content (AvgIpc) is 3.18. The Bertz CT molecular complexity index is 655. The number of nitrogens with one attached hydrogen (secondary N) is 1. The molecule has 0 aromatic heterocycles. The highest BCUT2D eigenvalue weighted by molar-refractivity contribution is 7.89. The highest BCUT2D eigenvalue weighted by Crippen LogP contribution is 2.30. The lowest BCUT2D eigenvalue weighted by Crippen LogP contribution is -2.37. The second kappa shape index (κ2) is 5.94. The van der Waals surface area contributed by atoms with Crippen molar-refractivity contribution in [2.24, 2.45) is 5.92 Å². The van der Waals surface area contributed by atoms with Crippen LogP contribution in [0.1, 0.15) is 19.3 Å². The lowest BCUT2D eigenvalue weighted by atomic mass is 10.3. The Labute approximate surface area is 129 Å². The maximum Gasteiger partial charge on any atom is 0.269 e. The number of non-ortho nitro benzene ring substituents is 1. The molecule has 0 spiro atoms. The second-order valence-corrected chi connectivity index (χ2v) is 7.77. The first-order valence-electron chi connectivity index (χ1n) is 7.43. The fraction of sp³-hybridized carbons (Fsp3) is 0.571. The summed E-state index contributed by atoms with van der Waals surface area (Å²) in [4.78, 5) is 12.4. The van der Waals surface area contributed by atoms with E-state index >= 15 is 0 Å². The smallest absolute Gasteiger partial charge is 0.269 e. The molecule has 1 saturated carbocycles. The summed E-state index contributed by atoms with van der Waals surface area (Å²) in [6.45, 7) is 2.72. The van der Waals surface area contributed by atoms with Gasteiger partial charge >= 0.3 is 0 Å². The van der Waals surface area contributed by atoms with Crippen molar-refractivity contribution in [3.8, 4) is 0 Å². The quantitative estimate of drug-likeness (QED) is 0.630. The van der Waals surface area contributed by atoms with Crippen LogP contribution in [0, 0.1) is 16.0 Å². The molecule has 0 radical (unpaired) electrons. The van der Waals surface area contributed by atoms with E-state index in [2.05, 4.69) is 9.62 Å². The minimum absolute atomic E-state index is 0.0683. The van der Waals surface area contributed by atoms with Gasteiger partial charge in [0.2, 0.25) is 10.0 Å². The largest absolute Gasteiger partial charge is 0.301 e. The summed E-state index contributed by atoms with van der Waals surface area (Å²) in [5, 5.41) is 10.6. The first-order valence-corrected chi connectivity index (χ1v) is 8.91. The van der Waals surface area contributed by atoms with Gasteiger partial charge in [0.25, 0.3) is 5.69 Å². The number of hydrogen-bond donors (Lipinski definition) is 1. The van der Waals surface area contributed by atoms with Crippen LogP contribution >= 0.6 is 0 Å². The third kappa shape index (κ3) is 3.63. The highest BCUT2D eigenvalue weighted by Gasteiger charge is 2.31. The van der Waals surface area contributed by atoms with Gasteiger partial charge in [0.15, 0.2) is 0 Å². The lowest BCUT2D eigenvalue weighted by Gasteiger charge is -2.16. The van der Waals surface area contributed by atoms with Crippen molar-refractivity contribution in [1.29, 1.82) is 0 Å². The third-order valence-electron chi connectivity index (χ3n) is 4.17. The molecule has 0 bridgehead atoms. The summed E-state index contributed by atoms with van der Waals surface area (Å²) >= 11 is 0. The molecule has 8 heteroatoms. The molecule has 1 aliphatic heterocycles. The molecule has 120 valence electrons. The molecular formula is C14H19N3O4S. The van der Waals surface area contributed by atoms with Crippen molar-refractivity contribution >= 4 is 15.7 Å². The van der Waals surface area contributed by atoms with Crippen molar-refractivity contribution in [1.82, 2.24) is 9.62 Å². The molecule has 1 N–H and O–H groups in total. The summed E-state index contributed by atoms with van der Waals surface area (Å²) < 4.78 is 27.3. The molecule has 1 heterocycles. The van der Waals surface area contributed by atoms with E-state index in [-0.39, 0.29) is 16.6 Å². The van der Waals surface area contributed by atoms with Crippen LogP contribution in [0.15, 0.2) is 29.2 Å². The standard InChI is InChI=1S/C14H19N3O4S/c18-17(19)13-3-5-14(6-4-13)22(20,21)15-12-7-8-16(10-12)9-11-1-2-11/h3-6,11-12,15H,1-2,7-10H2. The molecule has 22 heavy (non-hydrogen) atoms. The van der Waals surface area contributed by atoms with Gasteiger partial charge in [-0.25, -0.2) is 13.1 Å². The maximum absolute atomic E-state index is 12.3. The van der Waals surface area contributed by atoms with Gasteiger partial charge in [0.1, 0.15) is 0 Å². The Morgan fingerprint density at radius 2 is 1.91 bits per heavy atom. The molecule has 7 nitrogen and oxygen atoms in total. The van der Waals surface area contributed by atoms with Crippen molar-refractivity contribution in [2.75, 3.05) is 19.6 Å². The Morgan fingerprint density at radius 1 is 1.23 bits per heavy atom. The van der Waals surface area contributed by atoms with Crippen LogP contribution in [-0.4, -0.2) is 43.9 Å². The van der Waals surface area contributed by atoms with Crippen LogP contribution < -0.4 is 4.72 Å². The Kier molecular flexibility index (Phi) is 4.16. The zero-order chi connectivity index (χ0) is 15.7. The molecule has 1 unspecified atom stereocenters. The van der Waals surface area contributed by atoms with Gasteiger partial charge in [-0.1, -0.05) is 0 Å². The van der Waals surface area contributed by atoms with E-state index < -0.39 is 14.9 Å². The first kappa shape index (κ1) is 15.4. The van der Waals surface area contributed by atoms with Crippen molar-refractivity contribution in [3.05, 3.63) is 34.4 Å². The number of hydrogen-bond acceptors (Lipinski definition) is 5. The van der Waals surface area contributed by atoms with E-state index in [0.29, 0.717) is 0 Å². The predicted octanol–water partition coefficient (Wildman–Crippen LogP) is 1.36. The molecular weight excluding hydrogens is 306 g/mol. The number of nitro benzene ring substituents is 1. The molecule has 1 saturated heterocycles. The Balaban J connectivity index is 1.61. The van der Waals surface area contributed by atoms with E-state index in [4.69, 9.17) is 0 Å². The minimum Gasteiger partial charge on any atom is -0.301 e. The molecule has 1 aliphatic carbocycles. The van der Waals surface area contributed by atoms with E-state index in [1.54, 1.807) is 0 Å². The van der Waals surface area contributed by atoms with Crippen LogP contribution in [0.5, 0.6) is 0 Å². The molecule has 2 fully saturated rings. The number of benzene rings is 1. The van der Waals surface area contributed by atoms with Gasteiger partial charge in [0.05, 0.1) is 9.82 Å². The summed E-state index contributed by atoms with van der Waals surface area (Å²) in [6.07, 6.45) is 3.38. The summed E-state index contributed by atoms with van der Waals surface area (Å²) in [5.41, 5.74) is -0.115. The van der Waals surface area contributed by atoms with E-state index in [1.807, 2.05) is 0 Å². The Hall–Kier alpha value is -1.51. The summed E-state index contributed by atoms with van der Waals surface area (Å²) in [5.74, 6) is 0.796. The number of nitrogens with zero attached hydrogens (tertiary/aromatic N) is 2. The Morgan fingerprint density at radius 3 is 2.50 bits per heavy atom. The predicted molar refractivity (Wildman–Crippen MR) is 81.0 cm³/mol. The fourth-order valence-corrected chi connectivity index (χ4v) is 4.06.